The van der Waals surface area contributed by atoms with Gasteiger partial charge in [-0.25, -0.2) is 8.42 Å². The van der Waals surface area contributed by atoms with Crippen LogP contribution in [0.25, 0.3) is 0 Å². The molecule has 0 aromatic heterocycles. The van der Waals surface area contributed by atoms with Crippen molar-refractivity contribution in [3.63, 3.8) is 0 Å². The summed E-state index contributed by atoms with van der Waals surface area (Å²) in [6, 6.07) is 11.5. The molecule has 2 rings (SSSR count). The molecule has 28 heavy (non-hydrogen) atoms. The van der Waals surface area contributed by atoms with E-state index >= 15 is 0 Å². The molecule has 6 nitrogen and oxygen atoms in total. The Bertz CT molecular complexity index is 945. The summed E-state index contributed by atoms with van der Waals surface area (Å²) in [4.78, 5) is 14.5. The molecule has 0 unspecified atom stereocenters. The summed E-state index contributed by atoms with van der Waals surface area (Å²) < 4.78 is 31.1. The Morgan fingerprint density at radius 1 is 1.18 bits per heavy atom. The smallest absolute Gasteiger partial charge is 0.246 e. The molecule has 2 aromatic carbocycles. The normalized spacial score (nSPS) is 12.4. The molecule has 0 saturated carbocycles. The van der Waals surface area contributed by atoms with Crippen LogP contribution < -0.4 is 9.04 Å². The molecule has 0 heterocycles. The molecule has 0 bridgehead atoms. The number of benzene rings is 2. The van der Waals surface area contributed by atoms with E-state index in [1.165, 1.54) is 18.1 Å². The van der Waals surface area contributed by atoms with Gasteiger partial charge in [0.2, 0.25) is 15.9 Å². The first-order valence-electron chi connectivity index (χ1n) is 8.68. The van der Waals surface area contributed by atoms with Crippen molar-refractivity contribution in [2.75, 3.05) is 24.7 Å². The van der Waals surface area contributed by atoms with Crippen LogP contribution in [0.15, 0.2) is 42.5 Å². The molecule has 0 aliphatic heterocycles. The summed E-state index contributed by atoms with van der Waals surface area (Å²) in [6.07, 6.45) is 1.06. The molecule has 1 atom stereocenters. The van der Waals surface area contributed by atoms with E-state index < -0.39 is 16.1 Å². The van der Waals surface area contributed by atoms with Crippen LogP contribution in [-0.4, -0.2) is 45.7 Å². The number of halogens is 1. The second-order valence-corrected chi connectivity index (χ2v) is 9.00. The van der Waals surface area contributed by atoms with E-state index in [2.05, 4.69) is 0 Å². The SMILES string of the molecule is COc1ccc(N([C@H](C)C(=O)N(C)Cc2ccc(C)cc2)S(C)(=O)=O)cc1Cl. The van der Waals surface area contributed by atoms with E-state index in [9.17, 15) is 13.2 Å². The predicted molar refractivity (Wildman–Crippen MR) is 112 cm³/mol. The number of nitrogens with zero attached hydrogens (tertiary/aromatic N) is 2. The average Bonchev–Trinajstić information content (AvgIpc) is 2.62. The van der Waals surface area contributed by atoms with Crippen molar-refractivity contribution >= 4 is 33.2 Å². The highest BCUT2D eigenvalue weighted by atomic mass is 35.5. The first kappa shape index (κ1) is 22.0. The molecular weight excluding hydrogens is 400 g/mol. The topological polar surface area (TPSA) is 66.9 Å². The minimum absolute atomic E-state index is 0.265. The summed E-state index contributed by atoms with van der Waals surface area (Å²) in [5.74, 6) is 0.104. The highest BCUT2D eigenvalue weighted by molar-refractivity contribution is 7.92. The van der Waals surface area contributed by atoms with Gasteiger partial charge in [0.1, 0.15) is 11.8 Å². The fourth-order valence-corrected chi connectivity index (χ4v) is 4.37. The van der Waals surface area contributed by atoms with Crippen LogP contribution in [-0.2, 0) is 21.4 Å². The number of sulfonamides is 1. The van der Waals surface area contributed by atoms with Crippen LogP contribution in [0.2, 0.25) is 5.02 Å². The maximum Gasteiger partial charge on any atom is 0.246 e. The lowest BCUT2D eigenvalue weighted by atomic mass is 10.1. The first-order chi connectivity index (χ1) is 13.0. The van der Waals surface area contributed by atoms with E-state index in [-0.39, 0.29) is 10.9 Å². The third-order valence-corrected chi connectivity index (χ3v) is 5.91. The molecule has 0 spiro atoms. The van der Waals surface area contributed by atoms with Crippen molar-refractivity contribution in [1.29, 1.82) is 0 Å². The lowest BCUT2D eigenvalue weighted by Gasteiger charge is -2.31. The Morgan fingerprint density at radius 3 is 2.29 bits per heavy atom. The molecule has 0 radical (unpaired) electrons. The van der Waals surface area contributed by atoms with Crippen molar-refractivity contribution in [2.45, 2.75) is 26.4 Å². The largest absolute Gasteiger partial charge is 0.495 e. The number of likely N-dealkylation sites (N-methyl/N-ethyl adjacent to an activating group) is 1. The number of aryl methyl sites for hydroxylation is 1. The van der Waals surface area contributed by atoms with Gasteiger partial charge in [-0.15, -0.1) is 0 Å². The summed E-state index contributed by atoms with van der Waals surface area (Å²) >= 11 is 6.15. The molecule has 0 aliphatic rings. The van der Waals surface area contributed by atoms with Gasteiger partial charge in [0, 0.05) is 13.6 Å². The molecule has 0 saturated heterocycles. The van der Waals surface area contributed by atoms with Crippen LogP contribution in [0, 0.1) is 6.92 Å². The number of ether oxygens (including phenoxy) is 1. The minimum atomic E-state index is -3.72. The number of carbonyl (C=O) groups is 1. The Labute approximate surface area is 171 Å². The molecule has 152 valence electrons. The highest BCUT2D eigenvalue weighted by Gasteiger charge is 2.31. The van der Waals surface area contributed by atoms with Crippen LogP contribution in [0.5, 0.6) is 5.75 Å². The highest BCUT2D eigenvalue weighted by Crippen LogP contribution is 2.31. The maximum absolute atomic E-state index is 12.9. The summed E-state index contributed by atoms with van der Waals surface area (Å²) in [6.45, 7) is 3.93. The maximum atomic E-state index is 12.9. The van der Waals surface area contributed by atoms with Crippen LogP contribution >= 0.6 is 11.6 Å². The Kier molecular flexibility index (Phi) is 6.96. The van der Waals surface area contributed by atoms with Gasteiger partial charge in [-0.2, -0.15) is 0 Å². The van der Waals surface area contributed by atoms with Crippen molar-refractivity contribution in [3.8, 4) is 5.75 Å². The molecule has 1 amide bonds. The van der Waals surface area contributed by atoms with Gasteiger partial charge in [-0.05, 0) is 37.6 Å². The van der Waals surface area contributed by atoms with Crippen molar-refractivity contribution in [2.24, 2.45) is 0 Å². The van der Waals surface area contributed by atoms with E-state index in [1.54, 1.807) is 26.1 Å². The van der Waals surface area contributed by atoms with E-state index in [4.69, 9.17) is 16.3 Å². The van der Waals surface area contributed by atoms with Gasteiger partial charge < -0.3 is 9.64 Å². The van der Waals surface area contributed by atoms with E-state index in [1.807, 2.05) is 31.2 Å². The minimum Gasteiger partial charge on any atom is -0.495 e. The Morgan fingerprint density at radius 2 is 1.79 bits per heavy atom. The number of hydrogen-bond acceptors (Lipinski definition) is 4. The van der Waals surface area contributed by atoms with E-state index in [0.717, 1.165) is 21.7 Å². The van der Waals surface area contributed by atoms with Crippen molar-refractivity contribution in [3.05, 3.63) is 58.6 Å². The zero-order valence-corrected chi connectivity index (χ0v) is 18.2. The quantitative estimate of drug-likeness (QED) is 0.682. The van der Waals surface area contributed by atoms with Crippen LogP contribution in [0.1, 0.15) is 18.1 Å². The first-order valence-corrected chi connectivity index (χ1v) is 10.9. The average molecular weight is 425 g/mol. The fourth-order valence-electron chi connectivity index (χ4n) is 2.96. The fraction of sp³-hybridized carbons (Fsp3) is 0.350. The van der Waals surface area contributed by atoms with Gasteiger partial charge in [-0.1, -0.05) is 41.4 Å². The number of methoxy groups -OCH3 is 1. The summed E-state index contributed by atoms with van der Waals surface area (Å²) in [5, 5.41) is 0.265. The lowest BCUT2D eigenvalue weighted by Crippen LogP contribution is -2.48. The molecule has 2 aromatic rings. The molecular formula is C20H25ClN2O4S. The van der Waals surface area contributed by atoms with Crippen LogP contribution in [0.4, 0.5) is 5.69 Å². The summed E-state index contributed by atoms with van der Waals surface area (Å²) in [5.41, 5.74) is 2.40. The monoisotopic (exact) mass is 424 g/mol. The van der Waals surface area contributed by atoms with Gasteiger partial charge in [0.05, 0.1) is 24.1 Å². The van der Waals surface area contributed by atoms with Crippen LogP contribution in [0.3, 0.4) is 0 Å². The third kappa shape index (κ3) is 5.17. The number of amides is 1. The Hall–Kier alpha value is -2.25. The van der Waals surface area contributed by atoms with Gasteiger partial charge in [-0.3, -0.25) is 9.10 Å². The predicted octanol–water partition coefficient (Wildman–Crippen LogP) is 3.47. The zero-order valence-electron chi connectivity index (χ0n) is 16.6. The molecule has 8 heteroatoms. The van der Waals surface area contributed by atoms with Crippen molar-refractivity contribution < 1.29 is 17.9 Å². The number of hydrogen-bond donors (Lipinski definition) is 0. The second kappa shape index (κ2) is 8.84. The third-order valence-electron chi connectivity index (χ3n) is 4.37. The summed E-state index contributed by atoms with van der Waals surface area (Å²) in [7, 11) is -0.598. The lowest BCUT2D eigenvalue weighted by molar-refractivity contribution is -0.131. The van der Waals surface area contributed by atoms with Gasteiger partial charge >= 0.3 is 0 Å². The standard InChI is InChI=1S/C20H25ClN2O4S/c1-14-6-8-16(9-7-14)13-22(3)20(24)15(2)23(28(5,25)26)17-10-11-19(27-4)18(21)12-17/h6-12,15H,13H2,1-5H3/t15-/m1/s1. The number of carbonyl (C=O) groups excluding carboxylic acids is 1. The molecule has 0 N–H and O–H groups in total. The number of rotatable bonds is 7. The molecule has 0 fully saturated rings. The second-order valence-electron chi connectivity index (χ2n) is 6.73. The van der Waals surface area contributed by atoms with Gasteiger partial charge in [0.25, 0.3) is 0 Å². The Balaban J connectivity index is 2.29. The number of anilines is 1. The van der Waals surface area contributed by atoms with Crippen molar-refractivity contribution in [1.82, 2.24) is 4.90 Å². The van der Waals surface area contributed by atoms with Gasteiger partial charge in [0.15, 0.2) is 0 Å². The molecule has 0 aliphatic carbocycles. The van der Waals surface area contributed by atoms with E-state index in [0.29, 0.717) is 18.0 Å². The zero-order chi connectivity index (χ0) is 21.1.